The van der Waals surface area contributed by atoms with Crippen molar-refractivity contribution in [2.24, 2.45) is 4.99 Å². The van der Waals surface area contributed by atoms with Crippen molar-refractivity contribution >= 4 is 60.7 Å². The summed E-state index contributed by atoms with van der Waals surface area (Å²) >= 11 is 0. The molecule has 0 fully saturated rings. The Hall–Kier alpha value is -8.27. The predicted molar refractivity (Wildman–Crippen MR) is 264 cm³/mol. The van der Waals surface area contributed by atoms with Crippen LogP contribution in [0.15, 0.2) is 240 Å². The maximum atomic E-state index is 6.55. The van der Waals surface area contributed by atoms with Crippen molar-refractivity contribution in [3.05, 3.63) is 247 Å². The summed E-state index contributed by atoms with van der Waals surface area (Å²) < 4.78 is 8.92. The Morgan fingerprint density at radius 1 is 0.397 bits per heavy atom. The molecule has 1 aliphatic rings. The molecule has 0 saturated carbocycles. The summed E-state index contributed by atoms with van der Waals surface area (Å²) in [4.78, 5) is 5.24. The fraction of sp³-hybridized carbons (Fsp3) is 0.0167. The van der Waals surface area contributed by atoms with E-state index in [1.165, 1.54) is 32.9 Å². The van der Waals surface area contributed by atoms with Gasteiger partial charge in [0.05, 0.1) is 22.4 Å². The molecule has 12 rings (SSSR count). The van der Waals surface area contributed by atoms with Crippen LogP contribution in [-0.2, 0) is 0 Å². The molecule has 1 aliphatic heterocycles. The van der Waals surface area contributed by atoms with Crippen LogP contribution in [0.5, 0.6) is 0 Å². The van der Waals surface area contributed by atoms with E-state index in [-0.39, 0.29) is 0 Å². The third kappa shape index (κ3) is 6.59. The highest BCUT2D eigenvalue weighted by molar-refractivity contribution is 6.14. The SMILES string of the molecule is C1=C(c2cccc(-c3cccc4oc5ccc(-c6cccc(-c7ccc8c(c7)c7ccccc7n8-c7ccccc7)c6)cc5c34)c2)C=C(c2ccccc2)N=C(c2ccccc2)C1. The molecule has 0 atom stereocenters. The van der Waals surface area contributed by atoms with Crippen LogP contribution in [0.1, 0.15) is 23.1 Å². The lowest BCUT2D eigenvalue weighted by atomic mass is 9.93. The van der Waals surface area contributed by atoms with Crippen molar-refractivity contribution in [1.29, 1.82) is 0 Å². The highest BCUT2D eigenvalue weighted by Gasteiger charge is 2.18. The first-order valence-electron chi connectivity index (χ1n) is 21.6. The minimum atomic E-state index is 0.732. The number of aromatic nitrogens is 1. The summed E-state index contributed by atoms with van der Waals surface area (Å²) in [6.07, 6.45) is 5.28. The average molecular weight is 805 g/mol. The van der Waals surface area contributed by atoms with E-state index in [0.29, 0.717) is 0 Å². The Morgan fingerprint density at radius 2 is 0.984 bits per heavy atom. The molecule has 0 aliphatic carbocycles. The number of rotatable bonds is 7. The van der Waals surface area contributed by atoms with E-state index < -0.39 is 0 Å². The molecule has 296 valence electrons. The van der Waals surface area contributed by atoms with Gasteiger partial charge in [-0.15, -0.1) is 0 Å². The minimum Gasteiger partial charge on any atom is -0.456 e. The van der Waals surface area contributed by atoms with Crippen LogP contribution in [0, 0.1) is 0 Å². The third-order valence-corrected chi connectivity index (χ3v) is 12.5. The van der Waals surface area contributed by atoms with Gasteiger partial charge in [0.25, 0.3) is 0 Å². The van der Waals surface area contributed by atoms with Crippen molar-refractivity contribution in [2.45, 2.75) is 6.42 Å². The highest BCUT2D eigenvalue weighted by atomic mass is 16.3. The van der Waals surface area contributed by atoms with Crippen LogP contribution >= 0.6 is 0 Å². The molecule has 3 nitrogen and oxygen atoms in total. The smallest absolute Gasteiger partial charge is 0.136 e. The number of para-hydroxylation sites is 2. The number of furan rings is 1. The second-order valence-corrected chi connectivity index (χ2v) is 16.3. The van der Waals surface area contributed by atoms with Gasteiger partial charge >= 0.3 is 0 Å². The summed E-state index contributed by atoms with van der Waals surface area (Å²) in [5, 5.41) is 4.71. The molecule has 3 heteroatoms. The van der Waals surface area contributed by atoms with Gasteiger partial charge in [0.2, 0.25) is 0 Å². The van der Waals surface area contributed by atoms with Gasteiger partial charge in [0.1, 0.15) is 11.2 Å². The van der Waals surface area contributed by atoms with Gasteiger partial charge in [0, 0.05) is 39.2 Å². The average Bonchev–Trinajstić information content (AvgIpc) is 3.80. The molecule has 2 aromatic heterocycles. The Morgan fingerprint density at radius 3 is 1.78 bits per heavy atom. The second kappa shape index (κ2) is 15.3. The second-order valence-electron chi connectivity index (χ2n) is 16.3. The van der Waals surface area contributed by atoms with Gasteiger partial charge in [-0.1, -0.05) is 164 Å². The van der Waals surface area contributed by atoms with Crippen molar-refractivity contribution in [3.8, 4) is 39.1 Å². The van der Waals surface area contributed by atoms with E-state index in [1.54, 1.807) is 0 Å². The molecule has 0 spiro atoms. The first kappa shape index (κ1) is 36.6. The highest BCUT2D eigenvalue weighted by Crippen LogP contribution is 2.41. The van der Waals surface area contributed by atoms with Crippen LogP contribution in [0.25, 0.3) is 94.1 Å². The lowest BCUT2D eigenvalue weighted by molar-refractivity contribution is 0.669. The van der Waals surface area contributed by atoms with E-state index in [1.807, 2.05) is 0 Å². The monoisotopic (exact) mass is 804 g/mol. The number of fused-ring (bicyclic) bond motifs is 6. The summed E-state index contributed by atoms with van der Waals surface area (Å²) in [7, 11) is 0. The molecule has 0 unspecified atom stereocenters. The van der Waals surface area contributed by atoms with Gasteiger partial charge in [-0.2, -0.15) is 0 Å². The van der Waals surface area contributed by atoms with Crippen LogP contribution in [0.4, 0.5) is 0 Å². The molecule has 11 aromatic rings. The first-order valence-corrected chi connectivity index (χ1v) is 21.6. The molecule has 0 bridgehead atoms. The first-order chi connectivity index (χ1) is 31.2. The van der Waals surface area contributed by atoms with Crippen LogP contribution in [0.2, 0.25) is 0 Å². The Kier molecular flexibility index (Phi) is 8.90. The van der Waals surface area contributed by atoms with Crippen LogP contribution < -0.4 is 0 Å². The number of aliphatic imine (C=N–C) groups is 1. The molecule has 0 saturated heterocycles. The van der Waals surface area contributed by atoms with Gasteiger partial charge in [-0.3, -0.25) is 4.99 Å². The van der Waals surface area contributed by atoms with Gasteiger partial charge in [0.15, 0.2) is 0 Å². The van der Waals surface area contributed by atoms with Gasteiger partial charge < -0.3 is 8.98 Å². The molecule has 63 heavy (non-hydrogen) atoms. The fourth-order valence-electron chi connectivity index (χ4n) is 9.41. The van der Waals surface area contributed by atoms with Crippen molar-refractivity contribution in [3.63, 3.8) is 0 Å². The van der Waals surface area contributed by atoms with Crippen LogP contribution in [0.3, 0.4) is 0 Å². The largest absolute Gasteiger partial charge is 0.456 e. The van der Waals surface area contributed by atoms with E-state index in [9.17, 15) is 0 Å². The topological polar surface area (TPSA) is 30.4 Å². The van der Waals surface area contributed by atoms with E-state index in [4.69, 9.17) is 9.41 Å². The van der Waals surface area contributed by atoms with Crippen LogP contribution in [-0.4, -0.2) is 10.3 Å². The maximum Gasteiger partial charge on any atom is 0.136 e. The zero-order valence-electron chi connectivity index (χ0n) is 34.4. The quantitative estimate of drug-likeness (QED) is 0.158. The number of allylic oxidation sites excluding steroid dienone is 3. The van der Waals surface area contributed by atoms with Crippen molar-refractivity contribution < 1.29 is 4.42 Å². The van der Waals surface area contributed by atoms with Crippen molar-refractivity contribution in [1.82, 2.24) is 4.57 Å². The zero-order valence-corrected chi connectivity index (χ0v) is 34.4. The van der Waals surface area contributed by atoms with E-state index in [2.05, 4.69) is 235 Å². The zero-order chi connectivity index (χ0) is 41.7. The summed E-state index contributed by atoms with van der Waals surface area (Å²) in [5.74, 6) is 0. The third-order valence-electron chi connectivity index (χ3n) is 12.5. The predicted octanol–water partition coefficient (Wildman–Crippen LogP) is 16.0. The van der Waals surface area contributed by atoms with E-state index in [0.717, 1.165) is 90.0 Å². The minimum absolute atomic E-state index is 0.732. The lowest BCUT2D eigenvalue weighted by Crippen LogP contribution is -1.99. The molecular formula is C60H40N2O. The fourth-order valence-corrected chi connectivity index (χ4v) is 9.41. The summed E-state index contributed by atoms with van der Waals surface area (Å²) in [6, 6.07) is 78.0. The maximum absolute atomic E-state index is 6.55. The van der Waals surface area contributed by atoms with E-state index >= 15 is 0 Å². The molecule has 3 heterocycles. The summed E-state index contributed by atoms with van der Waals surface area (Å²) in [5.41, 5.74) is 18.8. The normalized spacial score (nSPS) is 13.0. The van der Waals surface area contributed by atoms with Gasteiger partial charge in [-0.25, -0.2) is 0 Å². The van der Waals surface area contributed by atoms with Gasteiger partial charge in [-0.05, 0) is 117 Å². The number of nitrogens with zero attached hydrogens (tertiary/aromatic N) is 2. The lowest BCUT2D eigenvalue weighted by Gasteiger charge is -2.10. The Bertz CT molecular complexity index is 3620. The molecule has 0 N–H and O–H groups in total. The molecule has 0 radical (unpaired) electrons. The van der Waals surface area contributed by atoms with Crippen molar-refractivity contribution in [2.75, 3.05) is 0 Å². The Balaban J connectivity index is 0.921. The number of hydrogen-bond acceptors (Lipinski definition) is 2. The number of hydrogen-bond donors (Lipinski definition) is 0. The standard InChI is InChI=1S/C60H40N2O/c1-4-15-40(16-5-1)54-32-29-47(39-55(61-54)41-17-6-2-7-18-41)44-21-13-22-48(36-44)50-26-14-28-59-60(50)53-38-46(31-34-58(53)63-59)43-20-12-19-42(35-43)45-30-33-57-52(37-45)51-25-10-11-27-56(51)62(57)49-23-8-3-9-24-49/h1-31,33-39H,32H2. The molecular weight excluding hydrogens is 765 g/mol. The molecule has 9 aromatic carbocycles. The number of benzene rings is 9. The Labute approximate surface area is 365 Å². The summed E-state index contributed by atoms with van der Waals surface area (Å²) in [6.45, 7) is 0. The molecule has 0 amide bonds.